The molecule has 1 spiro atoms. The highest BCUT2D eigenvalue weighted by Gasteiger charge is 2.55. The zero-order chi connectivity index (χ0) is 20.4. The number of nitrogens with zero attached hydrogens (tertiary/aromatic N) is 4. The number of anilines is 1. The molecule has 1 saturated carbocycles. The van der Waals surface area contributed by atoms with E-state index in [1.807, 2.05) is 29.0 Å². The summed E-state index contributed by atoms with van der Waals surface area (Å²) < 4.78 is 1.93. The van der Waals surface area contributed by atoms with Gasteiger partial charge in [-0.2, -0.15) is 0 Å². The molecule has 2 aromatic rings. The molecule has 1 aliphatic heterocycles. The summed E-state index contributed by atoms with van der Waals surface area (Å²) in [6.07, 6.45) is 9.57. The van der Waals surface area contributed by atoms with Crippen LogP contribution < -0.4 is 5.32 Å². The van der Waals surface area contributed by atoms with Crippen molar-refractivity contribution in [1.82, 2.24) is 19.4 Å². The van der Waals surface area contributed by atoms with E-state index in [0.29, 0.717) is 25.1 Å². The number of amides is 4. The first kappa shape index (κ1) is 19.2. The molecule has 0 atom stereocenters. The van der Waals surface area contributed by atoms with Gasteiger partial charge in [0.2, 0.25) is 5.91 Å². The van der Waals surface area contributed by atoms with Crippen molar-refractivity contribution in [2.45, 2.75) is 44.2 Å². The van der Waals surface area contributed by atoms with Gasteiger partial charge in [-0.05, 0) is 30.5 Å². The van der Waals surface area contributed by atoms with Crippen molar-refractivity contribution in [2.24, 2.45) is 0 Å². The van der Waals surface area contributed by atoms with Crippen molar-refractivity contribution in [1.29, 1.82) is 0 Å². The zero-order valence-corrected chi connectivity index (χ0v) is 16.5. The zero-order valence-electron chi connectivity index (χ0n) is 16.5. The molecule has 2 aliphatic rings. The molecule has 1 N–H and O–H groups in total. The maximum atomic E-state index is 13.0. The molecule has 2 fully saturated rings. The van der Waals surface area contributed by atoms with E-state index in [0.717, 1.165) is 29.7 Å². The Hall–Kier alpha value is -3.16. The van der Waals surface area contributed by atoms with Crippen LogP contribution in [-0.4, -0.2) is 56.3 Å². The highest BCUT2D eigenvalue weighted by atomic mass is 16.2. The van der Waals surface area contributed by atoms with Gasteiger partial charge in [0.1, 0.15) is 12.1 Å². The number of imide groups is 1. The summed E-state index contributed by atoms with van der Waals surface area (Å²) in [5.41, 5.74) is 0.878. The number of rotatable bonds is 5. The Bertz CT molecular complexity index is 918. The summed E-state index contributed by atoms with van der Waals surface area (Å²) in [5, 5.41) is 2.81. The van der Waals surface area contributed by atoms with Crippen molar-refractivity contribution in [3.05, 3.63) is 48.5 Å². The minimum atomic E-state index is -0.764. The van der Waals surface area contributed by atoms with Crippen LogP contribution in [0, 0.1) is 0 Å². The standard InChI is InChI=1S/C21H25N5O3/c1-24-20(29)26(19(28)21(24)8-3-2-4-9-21)14-18(27)23-17-7-5-6-16(12-17)13-25-11-10-22-15-25/h5-7,10-12,15H,2-4,8-9,13-14H2,1H3,(H,23,27). The van der Waals surface area contributed by atoms with Crippen LogP contribution in [0.15, 0.2) is 43.0 Å². The normalized spacial score (nSPS) is 18.5. The summed E-state index contributed by atoms with van der Waals surface area (Å²) in [5.74, 6) is -0.624. The number of aromatic nitrogens is 2. The van der Waals surface area contributed by atoms with Crippen LogP contribution in [0.2, 0.25) is 0 Å². The molecule has 1 aliphatic carbocycles. The number of carbonyl (C=O) groups is 3. The summed E-state index contributed by atoms with van der Waals surface area (Å²) in [4.78, 5) is 44.9. The van der Waals surface area contributed by atoms with Crippen LogP contribution in [0.4, 0.5) is 10.5 Å². The number of urea groups is 1. The minimum absolute atomic E-state index is 0.242. The lowest BCUT2D eigenvalue weighted by atomic mass is 9.81. The summed E-state index contributed by atoms with van der Waals surface area (Å²) in [6, 6.07) is 7.10. The lowest BCUT2D eigenvalue weighted by Gasteiger charge is -2.35. The second-order valence-electron chi connectivity index (χ2n) is 7.81. The first-order valence-corrected chi connectivity index (χ1v) is 9.94. The van der Waals surface area contributed by atoms with Gasteiger partial charge in [0.25, 0.3) is 5.91 Å². The molecule has 0 bridgehead atoms. The van der Waals surface area contributed by atoms with Gasteiger partial charge in [0.05, 0.1) is 6.33 Å². The maximum absolute atomic E-state index is 13.0. The minimum Gasteiger partial charge on any atom is -0.333 e. The smallest absolute Gasteiger partial charge is 0.327 e. The molecule has 8 heteroatoms. The van der Waals surface area contributed by atoms with Gasteiger partial charge in [0.15, 0.2) is 0 Å². The number of carbonyl (C=O) groups excluding carboxylic acids is 3. The highest BCUT2D eigenvalue weighted by Crippen LogP contribution is 2.39. The number of likely N-dealkylation sites (N-methyl/N-ethyl adjacent to an activating group) is 1. The molecule has 4 amide bonds. The van der Waals surface area contributed by atoms with Crippen LogP contribution in [0.25, 0.3) is 0 Å². The fourth-order valence-electron chi connectivity index (χ4n) is 4.35. The Morgan fingerprint density at radius 1 is 1.21 bits per heavy atom. The Morgan fingerprint density at radius 3 is 2.72 bits per heavy atom. The first-order chi connectivity index (χ1) is 14.0. The van der Waals surface area contributed by atoms with Gasteiger partial charge in [0, 0.05) is 31.7 Å². The van der Waals surface area contributed by atoms with E-state index in [4.69, 9.17) is 0 Å². The van der Waals surface area contributed by atoms with Gasteiger partial charge < -0.3 is 14.8 Å². The number of hydrogen-bond acceptors (Lipinski definition) is 4. The van der Waals surface area contributed by atoms with Gasteiger partial charge in [-0.15, -0.1) is 0 Å². The lowest BCUT2D eigenvalue weighted by molar-refractivity contribution is -0.136. The lowest BCUT2D eigenvalue weighted by Crippen LogP contribution is -2.49. The van der Waals surface area contributed by atoms with Crippen LogP contribution in [0.5, 0.6) is 0 Å². The van der Waals surface area contributed by atoms with E-state index in [-0.39, 0.29) is 24.4 Å². The molecule has 1 saturated heterocycles. The molecular formula is C21H25N5O3. The van der Waals surface area contributed by atoms with Gasteiger partial charge in [-0.1, -0.05) is 31.4 Å². The number of imidazole rings is 1. The number of benzene rings is 1. The van der Waals surface area contributed by atoms with Crippen molar-refractivity contribution in [3.8, 4) is 0 Å². The quantitative estimate of drug-likeness (QED) is 0.788. The third kappa shape index (κ3) is 3.62. The molecule has 1 aromatic carbocycles. The van der Waals surface area contributed by atoms with Crippen LogP contribution in [0.1, 0.15) is 37.7 Å². The van der Waals surface area contributed by atoms with Crippen LogP contribution in [-0.2, 0) is 16.1 Å². The fraction of sp³-hybridized carbons (Fsp3) is 0.429. The number of hydrogen-bond donors (Lipinski definition) is 1. The predicted molar refractivity (Wildman–Crippen MR) is 107 cm³/mol. The van der Waals surface area contributed by atoms with E-state index in [2.05, 4.69) is 10.3 Å². The van der Waals surface area contributed by atoms with Crippen LogP contribution in [0.3, 0.4) is 0 Å². The number of nitrogens with one attached hydrogen (secondary N) is 1. The Morgan fingerprint density at radius 2 is 2.00 bits per heavy atom. The Labute approximate surface area is 169 Å². The SMILES string of the molecule is CN1C(=O)N(CC(=O)Nc2cccc(Cn3ccnc3)c2)C(=O)C12CCCCC2. The highest BCUT2D eigenvalue weighted by molar-refractivity contribution is 6.10. The van der Waals surface area contributed by atoms with E-state index in [1.54, 1.807) is 25.6 Å². The summed E-state index contributed by atoms with van der Waals surface area (Å²) in [6.45, 7) is 0.371. The molecule has 29 heavy (non-hydrogen) atoms. The summed E-state index contributed by atoms with van der Waals surface area (Å²) in [7, 11) is 1.67. The average Bonchev–Trinajstić information content (AvgIpc) is 3.28. The predicted octanol–water partition coefficient (Wildman–Crippen LogP) is 2.47. The van der Waals surface area contributed by atoms with E-state index in [9.17, 15) is 14.4 Å². The third-order valence-electron chi connectivity index (χ3n) is 5.92. The fourth-order valence-corrected chi connectivity index (χ4v) is 4.35. The second-order valence-corrected chi connectivity index (χ2v) is 7.81. The van der Waals surface area contributed by atoms with E-state index < -0.39 is 5.54 Å². The van der Waals surface area contributed by atoms with Gasteiger partial charge >= 0.3 is 6.03 Å². The van der Waals surface area contributed by atoms with E-state index in [1.165, 1.54) is 4.90 Å². The van der Waals surface area contributed by atoms with E-state index >= 15 is 0 Å². The van der Waals surface area contributed by atoms with Crippen molar-refractivity contribution in [2.75, 3.05) is 18.9 Å². The van der Waals surface area contributed by atoms with Crippen molar-refractivity contribution >= 4 is 23.5 Å². The first-order valence-electron chi connectivity index (χ1n) is 9.94. The average molecular weight is 395 g/mol. The van der Waals surface area contributed by atoms with Crippen molar-refractivity contribution in [3.63, 3.8) is 0 Å². The molecular weight excluding hydrogens is 370 g/mol. The molecule has 0 unspecified atom stereocenters. The third-order valence-corrected chi connectivity index (χ3v) is 5.92. The van der Waals surface area contributed by atoms with Crippen LogP contribution >= 0.6 is 0 Å². The van der Waals surface area contributed by atoms with Gasteiger partial charge in [-0.25, -0.2) is 9.78 Å². The van der Waals surface area contributed by atoms with Crippen molar-refractivity contribution < 1.29 is 14.4 Å². The topological polar surface area (TPSA) is 87.5 Å². The molecule has 8 nitrogen and oxygen atoms in total. The second kappa shape index (κ2) is 7.69. The molecule has 152 valence electrons. The molecule has 0 radical (unpaired) electrons. The molecule has 1 aromatic heterocycles. The Balaban J connectivity index is 1.42. The maximum Gasteiger partial charge on any atom is 0.327 e. The van der Waals surface area contributed by atoms with Gasteiger partial charge in [-0.3, -0.25) is 14.5 Å². The largest absolute Gasteiger partial charge is 0.333 e. The molecule has 2 heterocycles. The summed E-state index contributed by atoms with van der Waals surface area (Å²) >= 11 is 0. The molecule has 4 rings (SSSR count). The monoisotopic (exact) mass is 395 g/mol. The Kier molecular flexibility index (Phi) is 5.08.